The van der Waals surface area contributed by atoms with Gasteiger partial charge in [0, 0.05) is 0 Å². The molecule has 0 aromatic rings. The Morgan fingerprint density at radius 1 is 1.19 bits per heavy atom. The zero-order chi connectivity index (χ0) is 11.4. The molecule has 0 bridgehead atoms. The van der Waals surface area contributed by atoms with E-state index in [4.69, 9.17) is 10.2 Å². The van der Waals surface area contributed by atoms with Crippen LogP contribution in [0.4, 0.5) is 0 Å². The second kappa shape index (κ2) is 7.51. The molecule has 0 aliphatic heterocycles. The van der Waals surface area contributed by atoms with Gasteiger partial charge in [0.25, 0.3) is 0 Å². The number of hydrogen-bond acceptors (Lipinski definition) is 2. The van der Waals surface area contributed by atoms with Crippen molar-refractivity contribution in [2.24, 2.45) is 17.8 Å². The van der Waals surface area contributed by atoms with Crippen molar-refractivity contribution in [3.8, 4) is 0 Å². The third-order valence-corrected chi connectivity index (χ3v) is 3.29. The summed E-state index contributed by atoms with van der Waals surface area (Å²) in [6.07, 6.45) is 3.94. The maximum absolute atomic E-state index is 11.1. The van der Waals surface area contributed by atoms with Crippen molar-refractivity contribution in [3.05, 3.63) is 0 Å². The molecular weight excluding hydrogens is 236 g/mol. The van der Waals surface area contributed by atoms with E-state index in [9.17, 15) is 9.59 Å². The number of aliphatic carboxylic acids is 2. The summed E-state index contributed by atoms with van der Waals surface area (Å²) in [4.78, 5) is 22.0. The molecule has 3 atom stereocenters. The molecule has 0 amide bonds. The van der Waals surface area contributed by atoms with Gasteiger partial charge in [-0.1, -0.05) is 19.8 Å². The first-order valence-electron chi connectivity index (χ1n) is 5.53. The predicted molar refractivity (Wildman–Crippen MR) is 63.0 cm³/mol. The van der Waals surface area contributed by atoms with Crippen molar-refractivity contribution in [3.63, 3.8) is 0 Å². The zero-order valence-corrected chi connectivity index (χ0v) is 8.98. The van der Waals surface area contributed by atoms with Crippen LogP contribution in [0.1, 0.15) is 39.0 Å². The van der Waals surface area contributed by atoms with Crippen LogP contribution >= 0.6 is 0 Å². The molecule has 1 fully saturated rings. The predicted octanol–water partition coefficient (Wildman–Crippen LogP) is 1.07. The van der Waals surface area contributed by atoms with E-state index in [0.717, 1.165) is 25.7 Å². The Labute approximate surface area is 125 Å². The molecule has 1 aliphatic rings. The van der Waals surface area contributed by atoms with Crippen molar-refractivity contribution in [1.82, 2.24) is 0 Å². The maximum atomic E-state index is 11.1. The van der Waals surface area contributed by atoms with Crippen LogP contribution < -0.4 is 0 Å². The number of hydrogen-bond donors (Lipinski definition) is 2. The van der Waals surface area contributed by atoms with E-state index >= 15 is 0 Å². The Balaban J connectivity index is 0.00000225. The molecule has 0 heterocycles. The van der Waals surface area contributed by atoms with Gasteiger partial charge >= 0.3 is 49.7 Å². The van der Waals surface area contributed by atoms with E-state index in [-0.39, 0.29) is 43.7 Å². The third kappa shape index (κ3) is 3.90. The number of carboxylic acid groups (broad SMARTS) is 2. The van der Waals surface area contributed by atoms with Crippen LogP contribution in [0.15, 0.2) is 0 Å². The molecule has 0 radical (unpaired) electrons. The van der Waals surface area contributed by atoms with E-state index in [1.165, 1.54) is 0 Å². The van der Waals surface area contributed by atoms with Crippen molar-refractivity contribution in [1.29, 1.82) is 0 Å². The Morgan fingerprint density at radius 3 is 2.25 bits per heavy atom. The van der Waals surface area contributed by atoms with Gasteiger partial charge in [-0.25, -0.2) is 0 Å². The molecule has 0 aromatic carbocycles. The van der Waals surface area contributed by atoms with Gasteiger partial charge in [0.05, 0.1) is 11.8 Å². The van der Waals surface area contributed by atoms with E-state index in [2.05, 4.69) is 0 Å². The first-order chi connectivity index (χ1) is 7.07. The quantitative estimate of drug-likeness (QED) is 0.738. The fourth-order valence-electron chi connectivity index (χ4n) is 2.63. The molecule has 1 aliphatic carbocycles. The molecule has 0 aromatic heterocycles. The van der Waals surface area contributed by atoms with E-state index in [1.54, 1.807) is 0 Å². The fourth-order valence-corrected chi connectivity index (χ4v) is 2.63. The topological polar surface area (TPSA) is 74.6 Å². The van der Waals surface area contributed by atoms with Gasteiger partial charge < -0.3 is 10.2 Å². The molecule has 1 rings (SSSR count). The number of rotatable bonds is 4. The molecule has 5 heteroatoms. The van der Waals surface area contributed by atoms with E-state index in [1.807, 2.05) is 6.92 Å². The summed E-state index contributed by atoms with van der Waals surface area (Å²) in [5.74, 6) is -3.23. The van der Waals surface area contributed by atoms with Crippen LogP contribution in [0.25, 0.3) is 0 Å². The van der Waals surface area contributed by atoms with Gasteiger partial charge in [-0.2, -0.15) is 0 Å². The van der Waals surface area contributed by atoms with Crippen LogP contribution in [0, 0.1) is 17.8 Å². The summed E-state index contributed by atoms with van der Waals surface area (Å²) in [5.41, 5.74) is 0. The first-order valence-corrected chi connectivity index (χ1v) is 5.53. The summed E-state index contributed by atoms with van der Waals surface area (Å²) in [5, 5.41) is 18.1. The second-order valence-corrected chi connectivity index (χ2v) is 4.29. The van der Waals surface area contributed by atoms with Gasteiger partial charge in [-0.3, -0.25) is 9.59 Å². The van der Waals surface area contributed by atoms with Gasteiger partial charge in [0.1, 0.15) is 0 Å². The average molecular weight is 256 g/mol. The zero-order valence-electron chi connectivity index (χ0n) is 8.98. The van der Waals surface area contributed by atoms with Crippen LogP contribution in [0.2, 0.25) is 0 Å². The van der Waals surface area contributed by atoms with Crippen molar-refractivity contribution in [2.45, 2.75) is 39.0 Å². The minimum atomic E-state index is -0.955. The second-order valence-electron chi connectivity index (χ2n) is 4.29. The summed E-state index contributed by atoms with van der Waals surface area (Å²) >= 11 is 0. The molecule has 4 nitrogen and oxygen atoms in total. The summed E-state index contributed by atoms with van der Waals surface area (Å²) in [6, 6.07) is 0. The molecule has 0 spiro atoms. The number of carbonyl (C=O) groups is 2. The SMILES string of the molecule is CCCC1CCCC(C(=O)O)C1C(=O)O.[CaH2]. The molecule has 2 N–H and O–H groups in total. The normalized spacial score (nSPS) is 29.2. The number of carboxylic acids is 2. The Morgan fingerprint density at radius 2 is 1.81 bits per heavy atom. The Kier molecular flexibility index (Phi) is 7.60. The van der Waals surface area contributed by atoms with Gasteiger partial charge in [-0.15, -0.1) is 0 Å². The molecule has 0 saturated heterocycles. The minimum absolute atomic E-state index is 0. The average Bonchev–Trinajstić information content (AvgIpc) is 2.17. The Hall–Kier alpha value is 0.200. The van der Waals surface area contributed by atoms with Crippen molar-refractivity contribution in [2.75, 3.05) is 0 Å². The summed E-state index contributed by atoms with van der Waals surface area (Å²) in [7, 11) is 0. The van der Waals surface area contributed by atoms with Crippen LogP contribution in [0.5, 0.6) is 0 Å². The monoisotopic (exact) mass is 256 g/mol. The molecule has 1 saturated carbocycles. The van der Waals surface area contributed by atoms with E-state index in [0.29, 0.717) is 6.42 Å². The standard InChI is InChI=1S/C11H18O4.Ca.2H/c1-2-4-7-5-3-6-8(10(12)13)9(7)11(14)15;;;/h7-9H,2-6H2,1H3,(H,12,13)(H,14,15);;;. The molecule has 3 unspecified atom stereocenters. The molecule has 90 valence electrons. The summed E-state index contributed by atoms with van der Waals surface area (Å²) < 4.78 is 0. The molecule has 16 heavy (non-hydrogen) atoms. The van der Waals surface area contributed by atoms with E-state index < -0.39 is 23.8 Å². The third-order valence-electron chi connectivity index (χ3n) is 3.29. The molecular formula is C11H20CaO4. The van der Waals surface area contributed by atoms with Crippen LogP contribution in [-0.2, 0) is 9.59 Å². The Bertz CT molecular complexity index is 252. The van der Waals surface area contributed by atoms with Crippen LogP contribution in [-0.4, -0.2) is 59.9 Å². The fraction of sp³-hybridized carbons (Fsp3) is 0.818. The summed E-state index contributed by atoms with van der Waals surface area (Å²) in [6.45, 7) is 2.00. The van der Waals surface area contributed by atoms with Crippen molar-refractivity contribution >= 4 is 49.7 Å². The van der Waals surface area contributed by atoms with Crippen LogP contribution in [0.3, 0.4) is 0 Å². The van der Waals surface area contributed by atoms with Gasteiger partial charge in [-0.05, 0) is 25.2 Å². The first kappa shape index (κ1) is 16.2. The van der Waals surface area contributed by atoms with Gasteiger partial charge in [0.15, 0.2) is 0 Å². The van der Waals surface area contributed by atoms with Gasteiger partial charge in [0.2, 0.25) is 0 Å². The van der Waals surface area contributed by atoms with Crippen molar-refractivity contribution < 1.29 is 19.8 Å².